The smallest absolute Gasteiger partial charge is 0.133 e. The molecule has 3 N–H and O–H groups in total. The van der Waals surface area contributed by atoms with Crippen LogP contribution in [0, 0.1) is 0 Å². The fourth-order valence-corrected chi connectivity index (χ4v) is 3.75. The monoisotopic (exact) mass is 308 g/mol. The average molecular weight is 308 g/mol. The molecular formula is C19H24N4. The van der Waals surface area contributed by atoms with E-state index in [1.165, 1.54) is 38.9 Å². The number of nitrogens with two attached hydrogens (primary N) is 1. The Morgan fingerprint density at radius 2 is 1.91 bits per heavy atom. The van der Waals surface area contributed by atoms with E-state index in [0.29, 0.717) is 5.82 Å². The number of hydrogen-bond acceptors (Lipinski definition) is 3. The van der Waals surface area contributed by atoms with Crippen molar-refractivity contribution in [3.63, 3.8) is 0 Å². The molecule has 0 aliphatic carbocycles. The Balaban J connectivity index is 1.52. The minimum absolute atomic E-state index is 0.646. The minimum atomic E-state index is 0.646. The number of H-pyrrole nitrogens is 1. The molecule has 3 heterocycles. The summed E-state index contributed by atoms with van der Waals surface area (Å²) >= 11 is 0. The number of aromatic amines is 1. The van der Waals surface area contributed by atoms with Gasteiger partial charge in [-0.3, -0.25) is 0 Å². The molecule has 4 heteroatoms. The van der Waals surface area contributed by atoms with Gasteiger partial charge in [0.1, 0.15) is 5.82 Å². The number of hydrogen-bond donors (Lipinski definition) is 2. The highest BCUT2D eigenvalue weighted by Gasteiger charge is 2.12. The van der Waals surface area contributed by atoms with Gasteiger partial charge in [-0.2, -0.15) is 0 Å². The number of nitrogen functional groups attached to an aromatic ring is 1. The molecule has 1 aliphatic heterocycles. The molecule has 1 fully saturated rings. The second-order valence-corrected chi connectivity index (χ2v) is 6.60. The Bertz CT molecular complexity index is 815. The largest absolute Gasteiger partial charge is 0.383 e. The lowest BCUT2D eigenvalue weighted by Gasteiger charge is -2.26. The standard InChI is InChI=1S/C19H24N4/c20-19-18-15-8-2-3-9-16(15)22-17(18)13-14(21-19)7-6-12-23-10-4-1-5-11-23/h2-3,8-9,13,22H,1,4-7,10-12H2,(H2,20,21). The number of fused-ring (bicyclic) bond motifs is 3. The van der Waals surface area contributed by atoms with Crippen molar-refractivity contribution in [2.24, 2.45) is 0 Å². The molecular weight excluding hydrogens is 284 g/mol. The summed E-state index contributed by atoms with van der Waals surface area (Å²) in [7, 11) is 0. The zero-order chi connectivity index (χ0) is 15.6. The van der Waals surface area contributed by atoms with Gasteiger partial charge in [-0.15, -0.1) is 0 Å². The number of anilines is 1. The van der Waals surface area contributed by atoms with E-state index in [0.717, 1.165) is 40.3 Å². The molecule has 2 aromatic heterocycles. The van der Waals surface area contributed by atoms with Gasteiger partial charge >= 0.3 is 0 Å². The first kappa shape index (κ1) is 14.5. The maximum absolute atomic E-state index is 6.24. The summed E-state index contributed by atoms with van der Waals surface area (Å²) in [5, 5.41) is 2.22. The van der Waals surface area contributed by atoms with E-state index in [4.69, 9.17) is 5.73 Å². The van der Waals surface area contributed by atoms with Crippen LogP contribution in [0.3, 0.4) is 0 Å². The van der Waals surface area contributed by atoms with Crippen molar-refractivity contribution >= 4 is 27.6 Å². The molecule has 3 aromatic rings. The number of piperidine rings is 1. The van der Waals surface area contributed by atoms with Crippen LogP contribution in [0.5, 0.6) is 0 Å². The Labute approximate surface area is 136 Å². The molecule has 1 aromatic carbocycles. The first-order valence-corrected chi connectivity index (χ1v) is 8.69. The minimum Gasteiger partial charge on any atom is -0.383 e. The van der Waals surface area contributed by atoms with Crippen LogP contribution in [0.4, 0.5) is 5.82 Å². The van der Waals surface area contributed by atoms with Crippen molar-refractivity contribution in [3.8, 4) is 0 Å². The molecule has 0 unspecified atom stereocenters. The SMILES string of the molecule is Nc1nc(CCCN2CCCCC2)cc2[nH]c3ccccc3c12. The van der Waals surface area contributed by atoms with Gasteiger partial charge in [0.05, 0.1) is 5.52 Å². The van der Waals surface area contributed by atoms with Crippen molar-refractivity contribution in [3.05, 3.63) is 36.0 Å². The lowest BCUT2D eigenvalue weighted by Crippen LogP contribution is -2.30. The summed E-state index contributed by atoms with van der Waals surface area (Å²) in [6, 6.07) is 10.4. The van der Waals surface area contributed by atoms with Crippen LogP contribution in [0.1, 0.15) is 31.4 Å². The Morgan fingerprint density at radius 1 is 1.09 bits per heavy atom. The molecule has 0 saturated carbocycles. The van der Waals surface area contributed by atoms with Crippen molar-refractivity contribution in [2.75, 3.05) is 25.4 Å². The lowest BCUT2D eigenvalue weighted by atomic mass is 10.1. The third-order valence-corrected chi connectivity index (χ3v) is 4.92. The van der Waals surface area contributed by atoms with Crippen LogP contribution < -0.4 is 5.73 Å². The van der Waals surface area contributed by atoms with E-state index in [1.807, 2.05) is 12.1 Å². The quantitative estimate of drug-likeness (QED) is 0.772. The Kier molecular flexibility index (Phi) is 3.92. The summed E-state index contributed by atoms with van der Waals surface area (Å²) in [6.07, 6.45) is 6.24. The predicted molar refractivity (Wildman–Crippen MR) is 96.6 cm³/mol. The molecule has 23 heavy (non-hydrogen) atoms. The van der Waals surface area contributed by atoms with Gasteiger partial charge in [-0.1, -0.05) is 24.6 Å². The number of nitrogens with one attached hydrogen (secondary N) is 1. The third kappa shape index (κ3) is 2.91. The highest BCUT2D eigenvalue weighted by atomic mass is 15.1. The molecule has 0 atom stereocenters. The van der Waals surface area contributed by atoms with Gasteiger partial charge in [-0.05, 0) is 57.5 Å². The maximum Gasteiger partial charge on any atom is 0.133 e. The molecule has 0 bridgehead atoms. The van der Waals surface area contributed by atoms with Gasteiger partial charge in [0.25, 0.3) is 0 Å². The number of aryl methyl sites for hydroxylation is 1. The summed E-state index contributed by atoms with van der Waals surface area (Å²) in [6.45, 7) is 3.69. The molecule has 0 spiro atoms. The van der Waals surface area contributed by atoms with Crippen LogP contribution in [-0.2, 0) is 6.42 Å². The normalized spacial score (nSPS) is 16.3. The Morgan fingerprint density at radius 3 is 2.78 bits per heavy atom. The predicted octanol–water partition coefficient (Wildman–Crippen LogP) is 3.72. The van der Waals surface area contributed by atoms with Gasteiger partial charge in [0, 0.05) is 22.0 Å². The lowest BCUT2D eigenvalue weighted by molar-refractivity contribution is 0.226. The number of likely N-dealkylation sites (tertiary alicyclic amines) is 1. The van der Waals surface area contributed by atoms with E-state index in [1.54, 1.807) is 0 Å². The molecule has 0 amide bonds. The molecule has 4 nitrogen and oxygen atoms in total. The van der Waals surface area contributed by atoms with Crippen LogP contribution in [0.2, 0.25) is 0 Å². The molecule has 4 rings (SSSR count). The molecule has 120 valence electrons. The van der Waals surface area contributed by atoms with Crippen LogP contribution in [0.15, 0.2) is 30.3 Å². The number of pyridine rings is 1. The van der Waals surface area contributed by atoms with Crippen LogP contribution >= 0.6 is 0 Å². The highest BCUT2D eigenvalue weighted by molar-refractivity contribution is 6.11. The van der Waals surface area contributed by atoms with Gasteiger partial charge in [0.15, 0.2) is 0 Å². The number of para-hydroxylation sites is 1. The van der Waals surface area contributed by atoms with Gasteiger partial charge in [-0.25, -0.2) is 4.98 Å². The summed E-state index contributed by atoms with van der Waals surface area (Å²) in [4.78, 5) is 10.7. The topological polar surface area (TPSA) is 57.9 Å². The second kappa shape index (κ2) is 6.20. The number of nitrogens with zero attached hydrogens (tertiary/aromatic N) is 2. The molecule has 1 saturated heterocycles. The van der Waals surface area contributed by atoms with Crippen molar-refractivity contribution in [2.45, 2.75) is 32.1 Å². The first-order chi connectivity index (χ1) is 11.3. The fraction of sp³-hybridized carbons (Fsp3) is 0.421. The Hall–Kier alpha value is -2.07. The highest BCUT2D eigenvalue weighted by Crippen LogP contribution is 2.29. The second-order valence-electron chi connectivity index (χ2n) is 6.60. The van der Waals surface area contributed by atoms with E-state index in [9.17, 15) is 0 Å². The van der Waals surface area contributed by atoms with Gasteiger partial charge < -0.3 is 15.6 Å². The van der Waals surface area contributed by atoms with E-state index >= 15 is 0 Å². The first-order valence-electron chi connectivity index (χ1n) is 8.69. The molecule has 1 aliphatic rings. The van der Waals surface area contributed by atoms with Crippen LogP contribution in [0.25, 0.3) is 21.8 Å². The molecule has 0 radical (unpaired) electrons. The summed E-state index contributed by atoms with van der Waals surface area (Å²) in [5.41, 5.74) is 9.57. The van der Waals surface area contributed by atoms with Crippen LogP contribution in [-0.4, -0.2) is 34.5 Å². The fourth-order valence-electron chi connectivity index (χ4n) is 3.75. The zero-order valence-electron chi connectivity index (χ0n) is 13.5. The van der Waals surface area contributed by atoms with Crippen molar-refractivity contribution in [1.29, 1.82) is 0 Å². The summed E-state index contributed by atoms with van der Waals surface area (Å²) in [5.74, 6) is 0.646. The van der Waals surface area contributed by atoms with Gasteiger partial charge in [0.2, 0.25) is 0 Å². The summed E-state index contributed by atoms with van der Waals surface area (Å²) < 4.78 is 0. The van der Waals surface area contributed by atoms with E-state index in [2.05, 4.69) is 33.1 Å². The van der Waals surface area contributed by atoms with E-state index < -0.39 is 0 Å². The van der Waals surface area contributed by atoms with Crippen molar-refractivity contribution < 1.29 is 0 Å². The average Bonchev–Trinajstić information content (AvgIpc) is 2.94. The number of aromatic nitrogens is 2. The third-order valence-electron chi connectivity index (χ3n) is 4.92. The zero-order valence-corrected chi connectivity index (χ0v) is 13.5. The van der Waals surface area contributed by atoms with Crippen molar-refractivity contribution in [1.82, 2.24) is 14.9 Å². The van der Waals surface area contributed by atoms with E-state index in [-0.39, 0.29) is 0 Å². The number of benzene rings is 1. The number of rotatable bonds is 4. The maximum atomic E-state index is 6.24.